The second-order valence-corrected chi connectivity index (χ2v) is 10.1. The van der Waals surface area contributed by atoms with E-state index in [1.54, 1.807) is 24.6 Å². The molecule has 0 aliphatic carbocycles. The summed E-state index contributed by atoms with van der Waals surface area (Å²) in [4.78, 5) is 24.0. The maximum absolute atomic E-state index is 5.31. The van der Waals surface area contributed by atoms with Gasteiger partial charge < -0.3 is 14.2 Å². The van der Waals surface area contributed by atoms with Crippen LogP contribution in [0.3, 0.4) is 0 Å². The number of ether oxygens (including phenoxy) is 1. The van der Waals surface area contributed by atoms with E-state index in [0.717, 1.165) is 69.4 Å². The first-order valence-corrected chi connectivity index (χ1v) is 13.3. The van der Waals surface area contributed by atoms with Crippen molar-refractivity contribution in [2.75, 3.05) is 32.2 Å². The van der Waals surface area contributed by atoms with Crippen LogP contribution in [-0.2, 0) is 11.8 Å². The van der Waals surface area contributed by atoms with E-state index in [-0.39, 0.29) is 6.04 Å². The molecule has 0 saturated heterocycles. The number of rotatable bonds is 10. The molecule has 5 rings (SSSR count). The van der Waals surface area contributed by atoms with Gasteiger partial charge in [0, 0.05) is 52.3 Å². The lowest BCUT2D eigenvalue weighted by molar-refractivity contribution is 0.196. The quantitative estimate of drug-likeness (QED) is 0.259. The van der Waals surface area contributed by atoms with Gasteiger partial charge in [-0.15, -0.1) is 11.3 Å². The number of aliphatic imine (C=N–C) groups is 1. The molecule has 186 valence electrons. The molecule has 0 fully saturated rings. The largest absolute Gasteiger partial charge is 0.385 e. The number of methoxy groups -OCH3 is 1. The SMILES string of the molecule is CCCC1C=CC(c2sc3nc(-c4nccn4C)nc(N(C)CCCOC)c3c2-c2ccccc2)=N1. The van der Waals surface area contributed by atoms with E-state index in [2.05, 4.69) is 66.3 Å². The fourth-order valence-electron chi connectivity index (χ4n) is 4.61. The fraction of sp³-hybridized carbons (Fsp3) is 0.357. The van der Waals surface area contributed by atoms with Gasteiger partial charge in [-0.25, -0.2) is 15.0 Å². The van der Waals surface area contributed by atoms with Gasteiger partial charge in [-0.05, 0) is 24.5 Å². The van der Waals surface area contributed by atoms with E-state index in [0.29, 0.717) is 12.4 Å². The van der Waals surface area contributed by atoms with Gasteiger partial charge in [-0.2, -0.15) is 0 Å². The topological polar surface area (TPSA) is 68.4 Å². The Kier molecular flexibility index (Phi) is 7.25. The summed E-state index contributed by atoms with van der Waals surface area (Å²) in [6, 6.07) is 10.8. The van der Waals surface area contributed by atoms with Crippen molar-refractivity contribution in [1.82, 2.24) is 19.5 Å². The average molecular weight is 501 g/mol. The molecular formula is C28H32N6OS. The standard InChI is InChI=1S/C28H32N6OS/c1-5-10-20-13-14-21(30-20)24-22(19-11-7-6-8-12-19)23-26(33(2)16-9-18-35-4)31-25(32-28(23)36-24)27-29-15-17-34(27)3/h6-8,11-15,17,20H,5,9-10,16,18H2,1-4H3. The molecule has 1 aromatic carbocycles. The molecule has 0 bridgehead atoms. The average Bonchev–Trinajstić information content (AvgIpc) is 3.62. The first kappa shape index (κ1) is 24.3. The van der Waals surface area contributed by atoms with Crippen LogP contribution in [0.5, 0.6) is 0 Å². The fourth-order valence-corrected chi connectivity index (χ4v) is 5.78. The highest BCUT2D eigenvalue weighted by molar-refractivity contribution is 7.21. The highest BCUT2D eigenvalue weighted by Crippen LogP contribution is 2.44. The Bertz CT molecular complexity index is 1400. The number of hydrogen-bond donors (Lipinski definition) is 0. The third-order valence-electron chi connectivity index (χ3n) is 6.42. The number of fused-ring (bicyclic) bond motifs is 1. The number of anilines is 1. The molecule has 36 heavy (non-hydrogen) atoms. The van der Waals surface area contributed by atoms with Gasteiger partial charge in [-0.3, -0.25) is 4.99 Å². The monoisotopic (exact) mass is 500 g/mol. The molecule has 1 unspecified atom stereocenters. The highest BCUT2D eigenvalue weighted by Gasteiger charge is 2.26. The number of benzene rings is 1. The Morgan fingerprint density at radius 2 is 2.00 bits per heavy atom. The zero-order chi connectivity index (χ0) is 25.1. The smallest absolute Gasteiger partial charge is 0.199 e. The van der Waals surface area contributed by atoms with Crippen LogP contribution in [0.15, 0.2) is 59.9 Å². The van der Waals surface area contributed by atoms with Crippen LogP contribution in [0.4, 0.5) is 5.82 Å². The van der Waals surface area contributed by atoms with Crippen LogP contribution in [0.2, 0.25) is 0 Å². The molecule has 1 aliphatic rings. The Morgan fingerprint density at radius 1 is 1.17 bits per heavy atom. The maximum Gasteiger partial charge on any atom is 0.199 e. The van der Waals surface area contributed by atoms with Crippen molar-refractivity contribution in [1.29, 1.82) is 0 Å². The number of aryl methyl sites for hydroxylation is 1. The van der Waals surface area contributed by atoms with E-state index in [1.165, 1.54) is 0 Å². The Hall–Kier alpha value is -3.36. The molecular weight excluding hydrogens is 468 g/mol. The van der Waals surface area contributed by atoms with Crippen molar-refractivity contribution < 1.29 is 4.74 Å². The number of allylic oxidation sites excluding steroid dienone is 1. The summed E-state index contributed by atoms with van der Waals surface area (Å²) >= 11 is 1.69. The predicted molar refractivity (Wildman–Crippen MR) is 149 cm³/mol. The zero-order valence-corrected chi connectivity index (χ0v) is 22.1. The van der Waals surface area contributed by atoms with Crippen molar-refractivity contribution in [2.45, 2.75) is 32.2 Å². The lowest BCUT2D eigenvalue weighted by Crippen LogP contribution is -2.21. The number of nitrogens with zero attached hydrogens (tertiary/aromatic N) is 6. The van der Waals surface area contributed by atoms with Crippen LogP contribution in [0.25, 0.3) is 33.0 Å². The van der Waals surface area contributed by atoms with Crippen molar-refractivity contribution in [2.24, 2.45) is 12.0 Å². The normalized spacial score (nSPS) is 15.1. The Labute approximate surface area is 216 Å². The molecule has 1 aliphatic heterocycles. The molecule has 4 heterocycles. The van der Waals surface area contributed by atoms with Crippen LogP contribution in [-0.4, -0.2) is 58.6 Å². The second-order valence-electron chi connectivity index (χ2n) is 9.08. The minimum atomic E-state index is 0.240. The van der Waals surface area contributed by atoms with Crippen molar-refractivity contribution in [3.63, 3.8) is 0 Å². The summed E-state index contributed by atoms with van der Waals surface area (Å²) in [6.45, 7) is 3.72. The van der Waals surface area contributed by atoms with Gasteiger partial charge >= 0.3 is 0 Å². The van der Waals surface area contributed by atoms with Crippen molar-refractivity contribution in [3.8, 4) is 22.8 Å². The van der Waals surface area contributed by atoms with Gasteiger partial charge in [0.25, 0.3) is 0 Å². The molecule has 3 aromatic heterocycles. The Balaban J connectivity index is 1.75. The first-order valence-electron chi connectivity index (χ1n) is 12.4. The van der Waals surface area contributed by atoms with Gasteiger partial charge in [0.2, 0.25) is 0 Å². The van der Waals surface area contributed by atoms with E-state index in [1.807, 2.05) is 17.8 Å². The minimum Gasteiger partial charge on any atom is -0.385 e. The lowest BCUT2D eigenvalue weighted by atomic mass is 10.0. The Morgan fingerprint density at radius 3 is 2.72 bits per heavy atom. The summed E-state index contributed by atoms with van der Waals surface area (Å²) in [5.74, 6) is 2.28. The molecule has 0 N–H and O–H groups in total. The van der Waals surface area contributed by atoms with Gasteiger partial charge in [0.1, 0.15) is 10.6 Å². The lowest BCUT2D eigenvalue weighted by Gasteiger charge is -2.20. The van der Waals surface area contributed by atoms with E-state index in [4.69, 9.17) is 19.7 Å². The summed E-state index contributed by atoms with van der Waals surface area (Å²) in [7, 11) is 5.80. The summed E-state index contributed by atoms with van der Waals surface area (Å²) in [6.07, 6.45) is 11.2. The van der Waals surface area contributed by atoms with Crippen LogP contribution < -0.4 is 4.90 Å². The van der Waals surface area contributed by atoms with Crippen LogP contribution in [0, 0.1) is 0 Å². The highest BCUT2D eigenvalue weighted by atomic mass is 32.1. The number of thiophene rings is 1. The summed E-state index contributed by atoms with van der Waals surface area (Å²) < 4.78 is 7.27. The number of imidazole rings is 1. The first-order chi connectivity index (χ1) is 17.6. The van der Waals surface area contributed by atoms with E-state index < -0.39 is 0 Å². The zero-order valence-electron chi connectivity index (χ0n) is 21.3. The second kappa shape index (κ2) is 10.7. The summed E-state index contributed by atoms with van der Waals surface area (Å²) in [5, 5.41) is 1.06. The molecule has 0 spiro atoms. The molecule has 0 saturated carbocycles. The molecule has 7 nitrogen and oxygen atoms in total. The number of aromatic nitrogens is 4. The minimum absolute atomic E-state index is 0.240. The molecule has 0 amide bonds. The van der Waals surface area contributed by atoms with E-state index >= 15 is 0 Å². The molecule has 0 radical (unpaired) electrons. The van der Waals surface area contributed by atoms with Crippen LogP contribution in [0.1, 0.15) is 31.1 Å². The van der Waals surface area contributed by atoms with Crippen molar-refractivity contribution in [3.05, 3.63) is 59.8 Å². The third kappa shape index (κ3) is 4.70. The van der Waals surface area contributed by atoms with Gasteiger partial charge in [-0.1, -0.05) is 49.8 Å². The van der Waals surface area contributed by atoms with Crippen LogP contribution >= 0.6 is 11.3 Å². The maximum atomic E-state index is 5.31. The predicted octanol–water partition coefficient (Wildman–Crippen LogP) is 5.76. The third-order valence-corrected chi connectivity index (χ3v) is 7.52. The van der Waals surface area contributed by atoms with Gasteiger partial charge in [0.05, 0.1) is 22.0 Å². The van der Waals surface area contributed by atoms with Gasteiger partial charge in [0.15, 0.2) is 11.6 Å². The number of hydrogen-bond acceptors (Lipinski definition) is 7. The summed E-state index contributed by atoms with van der Waals surface area (Å²) in [5.41, 5.74) is 3.33. The molecule has 1 atom stereocenters. The van der Waals surface area contributed by atoms with Crippen molar-refractivity contribution >= 4 is 33.1 Å². The molecule has 8 heteroatoms. The molecule has 4 aromatic rings. The van der Waals surface area contributed by atoms with E-state index in [9.17, 15) is 0 Å².